The van der Waals surface area contributed by atoms with Crippen molar-refractivity contribution in [2.45, 2.75) is 20.3 Å². The molecule has 0 aromatic heterocycles. The fourth-order valence-electron chi connectivity index (χ4n) is 1.14. The zero-order chi connectivity index (χ0) is 9.68. The third-order valence-electron chi connectivity index (χ3n) is 1.83. The number of hydrogen-bond donors (Lipinski definition) is 0. The van der Waals surface area contributed by atoms with Gasteiger partial charge in [0.1, 0.15) is 7.85 Å². The molecule has 2 radical (unpaired) electrons. The van der Waals surface area contributed by atoms with Crippen molar-refractivity contribution in [2.24, 2.45) is 5.92 Å². The summed E-state index contributed by atoms with van der Waals surface area (Å²) in [5.74, 6) is 0.720. The molecular weight excluding hydrogens is 155 g/mol. The highest BCUT2D eigenvalue weighted by molar-refractivity contribution is 6.32. The highest BCUT2D eigenvalue weighted by Gasteiger charge is 1.89. The second-order valence-corrected chi connectivity index (χ2v) is 3.70. The van der Waals surface area contributed by atoms with Crippen LogP contribution in [0.2, 0.25) is 0 Å². The van der Waals surface area contributed by atoms with Crippen molar-refractivity contribution in [3.05, 3.63) is 35.9 Å². The van der Waals surface area contributed by atoms with E-state index in [2.05, 4.69) is 32.1 Å². The van der Waals surface area contributed by atoms with E-state index in [0.29, 0.717) is 0 Å². The van der Waals surface area contributed by atoms with Gasteiger partial charge in [0.15, 0.2) is 0 Å². The van der Waals surface area contributed by atoms with Gasteiger partial charge in [-0.3, -0.25) is 0 Å². The Morgan fingerprint density at radius 2 is 2.15 bits per heavy atom. The molecule has 0 heterocycles. The van der Waals surface area contributed by atoms with E-state index in [-0.39, 0.29) is 0 Å². The molecule has 0 aliphatic carbocycles. The van der Waals surface area contributed by atoms with Crippen LogP contribution in [0.25, 0.3) is 6.08 Å². The van der Waals surface area contributed by atoms with Gasteiger partial charge < -0.3 is 0 Å². The number of rotatable bonds is 3. The molecule has 0 fully saturated rings. The largest absolute Gasteiger partial charge is 0.113 e. The Morgan fingerprint density at radius 3 is 2.77 bits per heavy atom. The van der Waals surface area contributed by atoms with Gasteiger partial charge in [-0.1, -0.05) is 55.7 Å². The van der Waals surface area contributed by atoms with Crippen LogP contribution < -0.4 is 5.46 Å². The summed E-state index contributed by atoms with van der Waals surface area (Å²) >= 11 is 0. The molecule has 66 valence electrons. The van der Waals surface area contributed by atoms with Crippen molar-refractivity contribution in [1.82, 2.24) is 0 Å². The quantitative estimate of drug-likeness (QED) is 0.611. The molecule has 1 rings (SSSR count). The summed E-state index contributed by atoms with van der Waals surface area (Å²) in [6, 6.07) is 7.92. The summed E-state index contributed by atoms with van der Waals surface area (Å²) in [4.78, 5) is 0. The van der Waals surface area contributed by atoms with Gasteiger partial charge in [0, 0.05) is 0 Å². The molecule has 0 bridgehead atoms. The van der Waals surface area contributed by atoms with Crippen LogP contribution >= 0.6 is 0 Å². The van der Waals surface area contributed by atoms with Crippen molar-refractivity contribution in [3.8, 4) is 0 Å². The maximum Gasteiger partial charge on any atom is 0.113 e. The van der Waals surface area contributed by atoms with Gasteiger partial charge in [0.05, 0.1) is 0 Å². The Morgan fingerprint density at radius 1 is 1.38 bits per heavy atom. The van der Waals surface area contributed by atoms with Crippen LogP contribution in [-0.2, 0) is 0 Å². The van der Waals surface area contributed by atoms with Gasteiger partial charge in [-0.2, -0.15) is 0 Å². The minimum Gasteiger partial charge on any atom is -0.0961 e. The van der Waals surface area contributed by atoms with E-state index in [1.165, 1.54) is 5.56 Å². The monoisotopic (exact) mass is 170 g/mol. The summed E-state index contributed by atoms with van der Waals surface area (Å²) in [5, 5.41) is 0. The first-order valence-corrected chi connectivity index (χ1v) is 4.70. The smallest absolute Gasteiger partial charge is 0.0961 e. The number of allylic oxidation sites excluding steroid dienone is 1. The van der Waals surface area contributed by atoms with Crippen LogP contribution in [-0.4, -0.2) is 7.85 Å². The Bertz CT molecular complexity index is 287. The average Bonchev–Trinajstić information content (AvgIpc) is 2.03. The summed E-state index contributed by atoms with van der Waals surface area (Å²) in [6.45, 7) is 4.42. The SMILES string of the molecule is [B]c1cccc(/C=C/CC(C)C)c1. The van der Waals surface area contributed by atoms with E-state index in [1.54, 1.807) is 0 Å². The minimum absolute atomic E-state index is 0.720. The lowest BCUT2D eigenvalue weighted by Gasteiger charge is -1.98. The summed E-state index contributed by atoms with van der Waals surface area (Å²) < 4.78 is 0. The van der Waals surface area contributed by atoms with Crippen LogP contribution in [0.1, 0.15) is 25.8 Å². The third kappa shape index (κ3) is 3.98. The van der Waals surface area contributed by atoms with Crippen molar-refractivity contribution in [1.29, 1.82) is 0 Å². The van der Waals surface area contributed by atoms with E-state index in [9.17, 15) is 0 Å². The molecule has 1 heteroatoms. The van der Waals surface area contributed by atoms with Crippen molar-refractivity contribution in [2.75, 3.05) is 0 Å². The predicted molar refractivity (Wildman–Crippen MR) is 60.3 cm³/mol. The van der Waals surface area contributed by atoms with Crippen molar-refractivity contribution in [3.63, 3.8) is 0 Å². The molecule has 0 saturated carbocycles. The Kier molecular flexibility index (Phi) is 3.82. The molecule has 0 aliphatic rings. The molecule has 0 nitrogen and oxygen atoms in total. The highest BCUT2D eigenvalue weighted by Crippen LogP contribution is 2.04. The van der Waals surface area contributed by atoms with E-state index in [4.69, 9.17) is 7.85 Å². The lowest BCUT2D eigenvalue weighted by Crippen LogP contribution is -1.99. The second kappa shape index (κ2) is 4.91. The molecule has 0 aliphatic heterocycles. The van der Waals surface area contributed by atoms with Crippen LogP contribution in [0.5, 0.6) is 0 Å². The normalized spacial score (nSPS) is 11.3. The van der Waals surface area contributed by atoms with Crippen LogP contribution in [0.15, 0.2) is 30.3 Å². The minimum atomic E-state index is 0.720. The Labute approximate surface area is 82.1 Å². The predicted octanol–water partition coefficient (Wildman–Crippen LogP) is 2.54. The Balaban J connectivity index is 2.58. The van der Waals surface area contributed by atoms with Gasteiger partial charge in [-0.25, -0.2) is 0 Å². The standard InChI is InChI=1S/C12H15B/c1-10(2)5-3-6-11-7-4-8-12(13)9-11/h3-4,6-10H,5H2,1-2H3/b6-3+. The van der Waals surface area contributed by atoms with Crippen molar-refractivity contribution >= 4 is 19.4 Å². The van der Waals surface area contributed by atoms with Crippen LogP contribution in [0, 0.1) is 5.92 Å². The summed E-state index contributed by atoms with van der Waals surface area (Å²) in [6.07, 6.45) is 5.44. The second-order valence-electron chi connectivity index (χ2n) is 3.70. The van der Waals surface area contributed by atoms with E-state index in [0.717, 1.165) is 17.8 Å². The summed E-state index contributed by atoms with van der Waals surface area (Å²) in [7, 11) is 5.66. The molecule has 0 N–H and O–H groups in total. The molecule has 0 amide bonds. The number of benzene rings is 1. The van der Waals surface area contributed by atoms with Gasteiger partial charge in [0.2, 0.25) is 0 Å². The van der Waals surface area contributed by atoms with Crippen LogP contribution in [0.3, 0.4) is 0 Å². The topological polar surface area (TPSA) is 0 Å². The Hall–Kier alpha value is -0.975. The fourth-order valence-corrected chi connectivity index (χ4v) is 1.14. The van der Waals surface area contributed by atoms with Crippen LogP contribution in [0.4, 0.5) is 0 Å². The van der Waals surface area contributed by atoms with Crippen molar-refractivity contribution < 1.29 is 0 Å². The lowest BCUT2D eigenvalue weighted by atomic mass is 9.94. The average molecular weight is 170 g/mol. The first-order valence-electron chi connectivity index (χ1n) is 4.70. The maximum atomic E-state index is 5.66. The highest BCUT2D eigenvalue weighted by atomic mass is 13.9. The van der Waals surface area contributed by atoms with Gasteiger partial charge in [-0.15, -0.1) is 0 Å². The van der Waals surface area contributed by atoms with E-state index < -0.39 is 0 Å². The molecular formula is C12H15B. The molecule has 0 saturated heterocycles. The van der Waals surface area contributed by atoms with Gasteiger partial charge >= 0.3 is 0 Å². The molecule has 13 heavy (non-hydrogen) atoms. The molecule has 1 aromatic rings. The van der Waals surface area contributed by atoms with Gasteiger partial charge in [0.25, 0.3) is 0 Å². The molecule has 0 atom stereocenters. The van der Waals surface area contributed by atoms with E-state index in [1.807, 2.05) is 18.2 Å². The molecule has 0 unspecified atom stereocenters. The zero-order valence-electron chi connectivity index (χ0n) is 8.33. The first-order chi connectivity index (χ1) is 6.18. The first kappa shape index (κ1) is 10.1. The van der Waals surface area contributed by atoms with E-state index >= 15 is 0 Å². The van der Waals surface area contributed by atoms with Gasteiger partial charge in [-0.05, 0) is 17.9 Å². The fraction of sp³-hybridized carbons (Fsp3) is 0.333. The third-order valence-corrected chi connectivity index (χ3v) is 1.83. The maximum absolute atomic E-state index is 5.66. The lowest BCUT2D eigenvalue weighted by molar-refractivity contribution is 0.665. The number of hydrogen-bond acceptors (Lipinski definition) is 0. The summed E-state index contributed by atoms with van der Waals surface area (Å²) in [5.41, 5.74) is 2.01. The molecule has 1 aromatic carbocycles. The molecule has 0 spiro atoms. The zero-order valence-corrected chi connectivity index (χ0v) is 8.33.